The molecule has 1 aromatic heterocycles. The Labute approximate surface area is 185 Å². The van der Waals surface area contributed by atoms with Gasteiger partial charge < -0.3 is 24.3 Å². The lowest BCUT2D eigenvalue weighted by Gasteiger charge is -2.27. The standard InChI is InChI=1S/C10H13ClF3N2O12P3S/c11-10(3-12)6(14)5(26-8(10)16-1-4(13)7(17)15-9(16)32)2-25-30(21,22)28-31(23,24)27-29(18,19)20/h1,5-6,8H,2-3H2,(H,21,22)(H,23,24)(H,15,17,32)(H2,18,19,20)/t5-,6+,8-,10?/m1/s1. The average molecular weight is 571 g/mol. The van der Waals surface area contributed by atoms with Gasteiger partial charge in [0.25, 0.3) is 5.56 Å². The molecule has 1 aliphatic rings. The summed E-state index contributed by atoms with van der Waals surface area (Å²) in [6.45, 7) is -2.94. The summed E-state index contributed by atoms with van der Waals surface area (Å²) < 4.78 is 92.0. The maximum absolute atomic E-state index is 14.8. The molecule has 2 heterocycles. The van der Waals surface area contributed by atoms with Gasteiger partial charge in [0.2, 0.25) is 5.82 Å². The van der Waals surface area contributed by atoms with Gasteiger partial charge in [0.15, 0.2) is 22.0 Å². The Bertz CT molecular complexity index is 1130. The summed E-state index contributed by atoms with van der Waals surface area (Å²) in [4.78, 5) is 45.9. The van der Waals surface area contributed by atoms with E-state index >= 15 is 0 Å². The zero-order valence-corrected chi connectivity index (χ0v) is 19.2. The number of phosphoric ester groups is 1. The average Bonchev–Trinajstić information content (AvgIpc) is 2.85. The second kappa shape index (κ2) is 9.66. The third-order valence-electron chi connectivity index (χ3n) is 3.70. The first-order chi connectivity index (χ1) is 14.4. The molecule has 3 unspecified atom stereocenters. The van der Waals surface area contributed by atoms with E-state index in [9.17, 15) is 36.6 Å². The molecule has 14 nitrogen and oxygen atoms in total. The van der Waals surface area contributed by atoms with Crippen LogP contribution >= 0.6 is 47.3 Å². The highest BCUT2D eigenvalue weighted by atomic mass is 35.5. The van der Waals surface area contributed by atoms with Crippen LogP contribution in [0.3, 0.4) is 0 Å². The summed E-state index contributed by atoms with van der Waals surface area (Å²) in [5.41, 5.74) is -1.24. The fourth-order valence-corrected chi connectivity index (χ4v) is 6.03. The number of alkyl halides is 3. The van der Waals surface area contributed by atoms with Gasteiger partial charge in [-0.05, 0) is 12.2 Å². The molecule has 0 aliphatic carbocycles. The van der Waals surface area contributed by atoms with Crippen molar-refractivity contribution in [2.45, 2.75) is 23.4 Å². The molecule has 5 N–H and O–H groups in total. The van der Waals surface area contributed by atoms with Crippen molar-refractivity contribution in [1.82, 2.24) is 9.55 Å². The Morgan fingerprint density at radius 1 is 1.25 bits per heavy atom. The van der Waals surface area contributed by atoms with Crippen molar-refractivity contribution in [1.29, 1.82) is 0 Å². The summed E-state index contributed by atoms with van der Waals surface area (Å²) in [5.74, 6) is -1.41. The van der Waals surface area contributed by atoms with Crippen LogP contribution in [-0.4, -0.2) is 59.6 Å². The molecule has 1 aromatic rings. The van der Waals surface area contributed by atoms with Crippen molar-refractivity contribution in [3.63, 3.8) is 0 Å². The van der Waals surface area contributed by atoms with Gasteiger partial charge in [-0.2, -0.15) is 13.0 Å². The van der Waals surface area contributed by atoms with Gasteiger partial charge in [-0.3, -0.25) is 18.9 Å². The van der Waals surface area contributed by atoms with Crippen molar-refractivity contribution < 1.29 is 64.3 Å². The monoisotopic (exact) mass is 570 g/mol. The Morgan fingerprint density at radius 2 is 1.84 bits per heavy atom. The Hall–Kier alpha value is -0.450. The normalized spacial score (nSPS) is 30.1. The molecule has 2 rings (SSSR count). The topological polar surface area (TPSA) is 207 Å². The number of rotatable bonds is 9. The van der Waals surface area contributed by atoms with Gasteiger partial charge in [0.05, 0.1) is 12.8 Å². The summed E-state index contributed by atoms with van der Waals surface area (Å²) >= 11 is 10.7. The van der Waals surface area contributed by atoms with E-state index < -0.39 is 76.3 Å². The summed E-state index contributed by atoms with van der Waals surface area (Å²) in [7, 11) is -17.1. The first-order valence-electron chi connectivity index (χ1n) is 7.74. The fraction of sp³-hybridized carbons (Fsp3) is 0.600. The number of H-pyrrole nitrogens is 1. The molecule has 22 heteroatoms. The molecule has 1 saturated heterocycles. The van der Waals surface area contributed by atoms with E-state index in [0.717, 1.165) is 0 Å². The molecule has 0 aromatic carbocycles. The number of hydrogen-bond donors (Lipinski definition) is 5. The quantitative estimate of drug-likeness (QED) is 0.162. The van der Waals surface area contributed by atoms with Crippen LogP contribution in [0.25, 0.3) is 0 Å². The molecule has 0 radical (unpaired) electrons. The molecule has 0 saturated carbocycles. The number of aromatic nitrogens is 2. The van der Waals surface area contributed by atoms with Crippen molar-refractivity contribution in [3.05, 3.63) is 27.1 Å². The van der Waals surface area contributed by atoms with Crippen molar-refractivity contribution in [2.24, 2.45) is 0 Å². The van der Waals surface area contributed by atoms with Crippen LogP contribution < -0.4 is 5.56 Å². The van der Waals surface area contributed by atoms with E-state index in [1.807, 2.05) is 4.98 Å². The van der Waals surface area contributed by atoms with E-state index in [1.165, 1.54) is 0 Å². The maximum atomic E-state index is 14.8. The van der Waals surface area contributed by atoms with E-state index in [4.69, 9.17) is 43.2 Å². The van der Waals surface area contributed by atoms with Crippen LogP contribution in [0.1, 0.15) is 6.23 Å². The predicted molar refractivity (Wildman–Crippen MR) is 99.0 cm³/mol. The summed E-state index contributed by atoms with van der Waals surface area (Å²) in [6.07, 6.45) is -5.95. The Balaban J connectivity index is 2.22. The van der Waals surface area contributed by atoms with Gasteiger partial charge in [-0.15, -0.1) is 11.6 Å². The minimum atomic E-state index is -5.84. The zero-order valence-electron chi connectivity index (χ0n) is 15.0. The maximum Gasteiger partial charge on any atom is 0.490 e. The predicted octanol–water partition coefficient (Wildman–Crippen LogP) is 1.57. The lowest BCUT2D eigenvalue weighted by molar-refractivity contribution is -0.0391. The van der Waals surface area contributed by atoms with Crippen molar-refractivity contribution >= 4 is 47.3 Å². The third-order valence-corrected chi connectivity index (χ3v) is 8.31. The Kier molecular flexibility index (Phi) is 8.39. The molecule has 6 atom stereocenters. The first kappa shape index (κ1) is 27.8. The molecular formula is C10H13ClF3N2O12P3S. The number of phosphoric acid groups is 3. The number of aromatic amines is 1. The summed E-state index contributed by atoms with van der Waals surface area (Å²) in [6, 6.07) is 0. The van der Waals surface area contributed by atoms with Crippen LogP contribution in [0.15, 0.2) is 11.0 Å². The summed E-state index contributed by atoms with van der Waals surface area (Å²) in [5, 5.41) is 0. The second-order valence-corrected chi connectivity index (χ2v) is 11.5. The van der Waals surface area contributed by atoms with Crippen LogP contribution in [0.4, 0.5) is 13.2 Å². The van der Waals surface area contributed by atoms with Gasteiger partial charge in [-0.1, -0.05) is 0 Å². The van der Waals surface area contributed by atoms with E-state index in [-0.39, 0.29) is 0 Å². The number of nitrogens with zero attached hydrogens (tertiary/aromatic N) is 1. The minimum Gasteiger partial charge on any atom is -0.347 e. The van der Waals surface area contributed by atoms with Crippen LogP contribution in [0, 0.1) is 10.6 Å². The Morgan fingerprint density at radius 3 is 2.38 bits per heavy atom. The molecule has 184 valence electrons. The van der Waals surface area contributed by atoms with Crippen LogP contribution in [0.2, 0.25) is 0 Å². The van der Waals surface area contributed by atoms with Gasteiger partial charge in [-0.25, -0.2) is 22.5 Å². The fourth-order valence-electron chi connectivity index (χ4n) is 2.46. The largest absolute Gasteiger partial charge is 0.490 e. The molecule has 0 spiro atoms. The molecule has 1 aliphatic heterocycles. The van der Waals surface area contributed by atoms with Crippen LogP contribution in [-0.2, 0) is 31.6 Å². The van der Waals surface area contributed by atoms with E-state index in [1.54, 1.807) is 0 Å². The molecule has 32 heavy (non-hydrogen) atoms. The van der Waals surface area contributed by atoms with Gasteiger partial charge in [0, 0.05) is 0 Å². The third kappa shape index (κ3) is 6.57. The highest BCUT2D eigenvalue weighted by Gasteiger charge is 2.58. The van der Waals surface area contributed by atoms with Gasteiger partial charge >= 0.3 is 23.5 Å². The van der Waals surface area contributed by atoms with E-state index in [2.05, 4.69) is 13.1 Å². The van der Waals surface area contributed by atoms with Crippen LogP contribution in [0.5, 0.6) is 0 Å². The number of ether oxygens (including phenoxy) is 1. The molecule has 1 fully saturated rings. The minimum absolute atomic E-state index is 0.454. The van der Waals surface area contributed by atoms with Gasteiger partial charge in [0.1, 0.15) is 12.8 Å². The number of nitrogens with one attached hydrogen (secondary N) is 1. The lowest BCUT2D eigenvalue weighted by Crippen LogP contribution is -2.42. The second-order valence-electron chi connectivity index (χ2n) is 6.02. The lowest BCUT2D eigenvalue weighted by atomic mass is 10.0. The van der Waals surface area contributed by atoms with E-state index in [0.29, 0.717) is 10.8 Å². The highest BCUT2D eigenvalue weighted by molar-refractivity contribution is 7.71. The smallest absolute Gasteiger partial charge is 0.347 e. The number of hydrogen-bond acceptors (Lipinski definition) is 9. The number of halogens is 4. The van der Waals surface area contributed by atoms with Crippen molar-refractivity contribution in [3.8, 4) is 0 Å². The SMILES string of the molecule is O=c1[nH]c(=S)n([C@@H]2O[C@H](COP(=O)(O)OP(=O)(O)OP(=O)(O)O)[C@H](F)C2(Cl)CF)cc1F. The molecule has 0 amide bonds. The zero-order chi connectivity index (χ0) is 24.7. The highest BCUT2D eigenvalue weighted by Crippen LogP contribution is 2.66. The molecular weight excluding hydrogens is 558 g/mol. The molecule has 0 bridgehead atoms. The first-order valence-corrected chi connectivity index (χ1v) is 13.1. The van der Waals surface area contributed by atoms with Crippen molar-refractivity contribution in [2.75, 3.05) is 13.3 Å².